The van der Waals surface area contributed by atoms with Gasteiger partial charge in [0.15, 0.2) is 6.61 Å². The van der Waals surface area contributed by atoms with Gasteiger partial charge >= 0.3 is 5.97 Å². The fraction of sp³-hybridized carbons (Fsp3) is 0.176. The fourth-order valence-corrected chi connectivity index (χ4v) is 2.62. The van der Waals surface area contributed by atoms with Crippen LogP contribution in [0.5, 0.6) is 0 Å². The summed E-state index contributed by atoms with van der Waals surface area (Å²) in [5.74, 6) is -2.35. The van der Waals surface area contributed by atoms with E-state index in [4.69, 9.17) is 27.9 Å². The van der Waals surface area contributed by atoms with Crippen LogP contribution in [-0.4, -0.2) is 18.5 Å². The van der Waals surface area contributed by atoms with E-state index in [1.165, 1.54) is 12.1 Å². The molecular weight excluding hydrogens is 356 g/mol. The molecule has 0 spiro atoms. The Labute approximate surface area is 148 Å². The van der Waals surface area contributed by atoms with Gasteiger partial charge in [0.1, 0.15) is 11.4 Å². The number of ether oxygens (including phenoxy) is 1. The molecule has 126 valence electrons. The second-order valence-electron chi connectivity index (χ2n) is 4.98. The quantitative estimate of drug-likeness (QED) is 0.804. The van der Waals surface area contributed by atoms with Gasteiger partial charge in [-0.15, -0.1) is 0 Å². The first kappa shape index (κ1) is 18.2. The van der Waals surface area contributed by atoms with E-state index in [2.05, 4.69) is 5.32 Å². The zero-order chi connectivity index (χ0) is 17.7. The molecule has 0 fully saturated rings. The standard InChI is InChI=1S/C17H14Cl2FNO3/c1-10(11-5-2-3-6-12(11)18)21-15(22)9-24-17(23)16-13(19)7-4-8-14(16)20/h2-8,10H,9H2,1H3,(H,21,22)/t10-/m0/s1. The highest BCUT2D eigenvalue weighted by atomic mass is 35.5. The van der Waals surface area contributed by atoms with Crippen LogP contribution >= 0.6 is 23.2 Å². The Morgan fingerprint density at radius 2 is 1.79 bits per heavy atom. The van der Waals surface area contributed by atoms with E-state index in [-0.39, 0.29) is 11.1 Å². The summed E-state index contributed by atoms with van der Waals surface area (Å²) in [6.45, 7) is 1.19. The molecule has 0 saturated heterocycles. The summed E-state index contributed by atoms with van der Waals surface area (Å²) in [4.78, 5) is 23.7. The van der Waals surface area contributed by atoms with Crippen molar-refractivity contribution in [3.63, 3.8) is 0 Å². The SMILES string of the molecule is C[C@H](NC(=O)COC(=O)c1c(F)cccc1Cl)c1ccccc1Cl. The molecule has 7 heteroatoms. The summed E-state index contributed by atoms with van der Waals surface area (Å²) in [5, 5.41) is 3.08. The van der Waals surface area contributed by atoms with Gasteiger partial charge in [-0.2, -0.15) is 0 Å². The molecule has 4 nitrogen and oxygen atoms in total. The van der Waals surface area contributed by atoms with Crippen molar-refractivity contribution in [3.8, 4) is 0 Å². The molecule has 0 aliphatic heterocycles. The van der Waals surface area contributed by atoms with Gasteiger partial charge in [-0.25, -0.2) is 9.18 Å². The summed E-state index contributed by atoms with van der Waals surface area (Å²) in [6, 6.07) is 10.5. The monoisotopic (exact) mass is 369 g/mol. The summed E-state index contributed by atoms with van der Waals surface area (Å²) in [6.07, 6.45) is 0. The van der Waals surface area contributed by atoms with Crippen molar-refractivity contribution in [3.05, 3.63) is 69.5 Å². The topological polar surface area (TPSA) is 55.4 Å². The number of carbonyl (C=O) groups excluding carboxylic acids is 2. The first-order valence-corrected chi connectivity index (χ1v) is 7.80. The molecule has 1 N–H and O–H groups in total. The van der Waals surface area contributed by atoms with Crippen molar-refractivity contribution in [1.29, 1.82) is 0 Å². The number of hydrogen-bond acceptors (Lipinski definition) is 3. The summed E-state index contributed by atoms with van der Waals surface area (Å²) >= 11 is 11.8. The molecular formula is C17H14Cl2FNO3. The van der Waals surface area contributed by atoms with Crippen molar-refractivity contribution < 1.29 is 18.7 Å². The lowest BCUT2D eigenvalue weighted by Crippen LogP contribution is -2.31. The van der Waals surface area contributed by atoms with Crippen molar-refractivity contribution in [2.24, 2.45) is 0 Å². The molecule has 1 amide bonds. The van der Waals surface area contributed by atoms with Gasteiger partial charge in [0.25, 0.3) is 5.91 Å². The van der Waals surface area contributed by atoms with Gasteiger partial charge in [-0.3, -0.25) is 4.79 Å². The van der Waals surface area contributed by atoms with Gasteiger partial charge in [0, 0.05) is 5.02 Å². The highest BCUT2D eigenvalue weighted by molar-refractivity contribution is 6.33. The van der Waals surface area contributed by atoms with E-state index >= 15 is 0 Å². The Morgan fingerprint density at radius 1 is 1.12 bits per heavy atom. The maximum Gasteiger partial charge on any atom is 0.343 e. The predicted octanol–water partition coefficient (Wildman–Crippen LogP) is 4.17. The van der Waals surface area contributed by atoms with E-state index < -0.39 is 29.9 Å². The smallest absolute Gasteiger partial charge is 0.343 e. The van der Waals surface area contributed by atoms with Crippen molar-refractivity contribution in [1.82, 2.24) is 5.32 Å². The first-order valence-electron chi connectivity index (χ1n) is 7.05. The van der Waals surface area contributed by atoms with Crippen LogP contribution in [0.4, 0.5) is 4.39 Å². The van der Waals surface area contributed by atoms with E-state index in [0.717, 1.165) is 11.6 Å². The Morgan fingerprint density at radius 3 is 2.46 bits per heavy atom. The zero-order valence-electron chi connectivity index (χ0n) is 12.7. The van der Waals surface area contributed by atoms with E-state index in [9.17, 15) is 14.0 Å². The molecule has 0 aromatic heterocycles. The number of nitrogens with one attached hydrogen (secondary N) is 1. The average Bonchev–Trinajstić information content (AvgIpc) is 2.53. The third kappa shape index (κ3) is 4.46. The van der Waals surface area contributed by atoms with Crippen LogP contribution < -0.4 is 5.32 Å². The molecule has 0 aliphatic rings. The number of benzene rings is 2. The third-order valence-electron chi connectivity index (χ3n) is 3.25. The second-order valence-corrected chi connectivity index (χ2v) is 5.80. The Balaban J connectivity index is 1.94. The number of amides is 1. The largest absolute Gasteiger partial charge is 0.452 e. The van der Waals surface area contributed by atoms with Crippen molar-refractivity contribution in [2.75, 3.05) is 6.61 Å². The zero-order valence-corrected chi connectivity index (χ0v) is 14.2. The molecule has 2 rings (SSSR count). The predicted molar refractivity (Wildman–Crippen MR) is 89.7 cm³/mol. The van der Waals surface area contributed by atoms with Crippen molar-refractivity contribution >= 4 is 35.1 Å². The Hall–Kier alpha value is -2.11. The fourth-order valence-electron chi connectivity index (χ4n) is 2.08. The Bertz CT molecular complexity index is 747. The van der Waals surface area contributed by atoms with Crippen LogP contribution in [-0.2, 0) is 9.53 Å². The van der Waals surface area contributed by atoms with Crippen LogP contribution in [0.3, 0.4) is 0 Å². The van der Waals surface area contributed by atoms with Gasteiger partial charge in [0.05, 0.1) is 11.1 Å². The lowest BCUT2D eigenvalue weighted by molar-refractivity contribution is -0.124. The summed E-state index contributed by atoms with van der Waals surface area (Å²) < 4.78 is 18.4. The summed E-state index contributed by atoms with van der Waals surface area (Å²) in [7, 11) is 0. The van der Waals surface area contributed by atoms with Crippen molar-refractivity contribution in [2.45, 2.75) is 13.0 Å². The first-order chi connectivity index (χ1) is 11.4. The minimum absolute atomic E-state index is 0.0788. The normalized spacial score (nSPS) is 11.7. The summed E-state index contributed by atoms with van der Waals surface area (Å²) in [5.41, 5.74) is 0.335. The van der Waals surface area contributed by atoms with Crippen LogP contribution in [0.25, 0.3) is 0 Å². The second kappa shape index (κ2) is 8.13. The maximum absolute atomic E-state index is 13.6. The van der Waals surface area contributed by atoms with Gasteiger partial charge in [-0.05, 0) is 30.7 Å². The molecule has 0 aliphatic carbocycles. The van der Waals surface area contributed by atoms with E-state index in [1.54, 1.807) is 31.2 Å². The lowest BCUT2D eigenvalue weighted by Gasteiger charge is -2.15. The van der Waals surface area contributed by atoms with Crippen LogP contribution in [0.2, 0.25) is 10.0 Å². The van der Waals surface area contributed by atoms with Crippen LogP contribution in [0, 0.1) is 5.82 Å². The van der Waals surface area contributed by atoms with E-state index in [0.29, 0.717) is 5.02 Å². The molecule has 0 saturated carbocycles. The molecule has 24 heavy (non-hydrogen) atoms. The van der Waals surface area contributed by atoms with E-state index in [1.807, 2.05) is 0 Å². The molecule has 0 bridgehead atoms. The maximum atomic E-state index is 13.6. The molecule has 2 aromatic rings. The minimum Gasteiger partial charge on any atom is -0.452 e. The number of rotatable bonds is 5. The third-order valence-corrected chi connectivity index (χ3v) is 3.91. The molecule has 2 aromatic carbocycles. The average molecular weight is 370 g/mol. The minimum atomic E-state index is -1.00. The number of halogens is 3. The van der Waals surface area contributed by atoms with Crippen LogP contribution in [0.1, 0.15) is 28.9 Å². The highest BCUT2D eigenvalue weighted by Crippen LogP contribution is 2.22. The Kier molecular flexibility index (Phi) is 6.17. The van der Waals surface area contributed by atoms with Gasteiger partial charge < -0.3 is 10.1 Å². The number of hydrogen-bond donors (Lipinski definition) is 1. The lowest BCUT2D eigenvalue weighted by atomic mass is 10.1. The molecule has 0 radical (unpaired) electrons. The number of esters is 1. The molecule has 1 atom stereocenters. The number of carbonyl (C=O) groups is 2. The highest BCUT2D eigenvalue weighted by Gasteiger charge is 2.19. The van der Waals surface area contributed by atoms with Crippen LogP contribution in [0.15, 0.2) is 42.5 Å². The van der Waals surface area contributed by atoms with Gasteiger partial charge in [0.2, 0.25) is 0 Å². The molecule has 0 heterocycles. The molecule has 0 unspecified atom stereocenters. The van der Waals surface area contributed by atoms with Gasteiger partial charge in [-0.1, -0.05) is 47.5 Å².